The molecule has 2 aromatic carbocycles. The minimum Gasteiger partial charge on any atom is -0.452 e. The van der Waals surface area contributed by atoms with Crippen LogP contribution in [-0.4, -0.2) is 44.3 Å². The standard InChI is InChI=1S/C21H25ClN2O5S/c1-4-24(5-2)30(27,28)19-13-17(11-12-18(19)22)21(26)29-14-20(25)23-15(3)16-9-7-6-8-10-16/h6-13,15H,4-5,14H2,1-3H3,(H,23,25)/t15-/m0/s1. The van der Waals surface area contributed by atoms with Gasteiger partial charge in [0.25, 0.3) is 5.91 Å². The molecular formula is C21H25ClN2O5S. The predicted octanol–water partition coefficient (Wildman–Crippen LogP) is 3.40. The van der Waals surface area contributed by atoms with Gasteiger partial charge >= 0.3 is 5.97 Å². The van der Waals surface area contributed by atoms with Gasteiger partial charge in [-0.15, -0.1) is 0 Å². The van der Waals surface area contributed by atoms with Gasteiger partial charge in [0, 0.05) is 13.1 Å². The fourth-order valence-electron chi connectivity index (χ4n) is 2.85. The van der Waals surface area contributed by atoms with Crippen molar-refractivity contribution in [2.75, 3.05) is 19.7 Å². The number of hydrogen-bond donors (Lipinski definition) is 1. The van der Waals surface area contributed by atoms with E-state index in [1.165, 1.54) is 22.5 Å². The summed E-state index contributed by atoms with van der Waals surface area (Å²) in [5.41, 5.74) is 0.912. The maximum Gasteiger partial charge on any atom is 0.338 e. The lowest BCUT2D eigenvalue weighted by atomic mass is 10.1. The number of halogens is 1. The molecule has 2 aromatic rings. The Balaban J connectivity index is 2.06. The topological polar surface area (TPSA) is 92.8 Å². The van der Waals surface area contributed by atoms with E-state index in [9.17, 15) is 18.0 Å². The molecule has 1 N–H and O–H groups in total. The molecule has 0 aliphatic heterocycles. The smallest absolute Gasteiger partial charge is 0.338 e. The Morgan fingerprint density at radius 1 is 1.10 bits per heavy atom. The number of sulfonamides is 1. The van der Waals surface area contributed by atoms with Crippen molar-refractivity contribution in [2.24, 2.45) is 0 Å². The molecule has 30 heavy (non-hydrogen) atoms. The van der Waals surface area contributed by atoms with Gasteiger partial charge in [-0.1, -0.05) is 55.8 Å². The minimum atomic E-state index is -3.85. The van der Waals surface area contributed by atoms with Crippen LogP contribution in [0.5, 0.6) is 0 Å². The van der Waals surface area contributed by atoms with Gasteiger partial charge in [-0.25, -0.2) is 13.2 Å². The quantitative estimate of drug-likeness (QED) is 0.588. The van der Waals surface area contributed by atoms with E-state index < -0.39 is 28.5 Å². The van der Waals surface area contributed by atoms with Gasteiger partial charge in [0.05, 0.1) is 16.6 Å². The van der Waals surface area contributed by atoms with E-state index in [0.717, 1.165) is 5.56 Å². The van der Waals surface area contributed by atoms with Gasteiger partial charge < -0.3 is 10.1 Å². The van der Waals surface area contributed by atoms with Crippen LogP contribution in [0.4, 0.5) is 0 Å². The van der Waals surface area contributed by atoms with E-state index in [0.29, 0.717) is 0 Å². The number of nitrogens with one attached hydrogen (secondary N) is 1. The fraction of sp³-hybridized carbons (Fsp3) is 0.333. The molecule has 0 spiro atoms. The van der Waals surface area contributed by atoms with Crippen LogP contribution < -0.4 is 5.32 Å². The van der Waals surface area contributed by atoms with E-state index in [1.54, 1.807) is 13.8 Å². The molecule has 1 atom stereocenters. The lowest BCUT2D eigenvalue weighted by Gasteiger charge is -2.19. The number of esters is 1. The van der Waals surface area contributed by atoms with Crippen molar-refractivity contribution in [1.29, 1.82) is 0 Å². The number of carbonyl (C=O) groups is 2. The number of amides is 1. The average Bonchev–Trinajstić information content (AvgIpc) is 2.73. The van der Waals surface area contributed by atoms with Gasteiger partial charge in [-0.05, 0) is 30.7 Å². The summed E-state index contributed by atoms with van der Waals surface area (Å²) < 4.78 is 31.8. The zero-order valence-electron chi connectivity index (χ0n) is 17.1. The van der Waals surface area contributed by atoms with E-state index in [1.807, 2.05) is 37.3 Å². The minimum absolute atomic E-state index is 0.00552. The third-order valence-electron chi connectivity index (χ3n) is 4.50. The monoisotopic (exact) mass is 452 g/mol. The number of carbonyl (C=O) groups excluding carboxylic acids is 2. The van der Waals surface area contributed by atoms with Crippen LogP contribution in [0.1, 0.15) is 42.7 Å². The molecule has 0 aliphatic rings. The van der Waals surface area contributed by atoms with E-state index >= 15 is 0 Å². The van der Waals surface area contributed by atoms with Crippen molar-refractivity contribution < 1.29 is 22.7 Å². The van der Waals surface area contributed by atoms with Crippen molar-refractivity contribution in [3.63, 3.8) is 0 Å². The molecule has 0 aromatic heterocycles. The molecule has 0 bridgehead atoms. The van der Waals surface area contributed by atoms with E-state index in [-0.39, 0.29) is 34.6 Å². The summed E-state index contributed by atoms with van der Waals surface area (Å²) in [6.45, 7) is 5.28. The largest absolute Gasteiger partial charge is 0.452 e. The highest BCUT2D eigenvalue weighted by molar-refractivity contribution is 7.89. The Hall–Kier alpha value is -2.42. The normalized spacial score (nSPS) is 12.4. The molecule has 0 saturated heterocycles. The van der Waals surface area contributed by atoms with E-state index in [4.69, 9.17) is 16.3 Å². The van der Waals surface area contributed by atoms with Crippen molar-refractivity contribution in [1.82, 2.24) is 9.62 Å². The summed E-state index contributed by atoms with van der Waals surface area (Å²) in [6.07, 6.45) is 0. The van der Waals surface area contributed by atoms with Crippen LogP contribution in [0, 0.1) is 0 Å². The molecule has 2 rings (SSSR count). The van der Waals surface area contributed by atoms with Crippen LogP contribution in [0.2, 0.25) is 5.02 Å². The average molecular weight is 453 g/mol. The Morgan fingerprint density at radius 3 is 2.33 bits per heavy atom. The van der Waals surface area contributed by atoms with Crippen molar-refractivity contribution in [2.45, 2.75) is 31.7 Å². The highest BCUT2D eigenvalue weighted by atomic mass is 35.5. The fourth-order valence-corrected chi connectivity index (χ4v) is 4.81. The molecule has 162 valence electrons. The van der Waals surface area contributed by atoms with Gasteiger partial charge in [0.15, 0.2) is 6.61 Å². The molecule has 0 radical (unpaired) electrons. The Kier molecular flexibility index (Phi) is 8.40. The first kappa shape index (κ1) is 23.9. The molecule has 1 amide bonds. The first-order valence-corrected chi connectivity index (χ1v) is 11.3. The summed E-state index contributed by atoms with van der Waals surface area (Å²) in [5, 5.41) is 2.75. The van der Waals surface area contributed by atoms with Gasteiger partial charge in [0.1, 0.15) is 4.90 Å². The molecular weight excluding hydrogens is 428 g/mol. The Bertz CT molecular complexity index is 992. The second-order valence-electron chi connectivity index (χ2n) is 6.51. The molecule has 0 fully saturated rings. The summed E-state index contributed by atoms with van der Waals surface area (Å²) in [5.74, 6) is -1.28. The van der Waals surface area contributed by atoms with Crippen molar-refractivity contribution >= 4 is 33.5 Å². The SMILES string of the molecule is CCN(CC)S(=O)(=O)c1cc(C(=O)OCC(=O)N[C@@H](C)c2ccccc2)ccc1Cl. The number of rotatable bonds is 9. The molecule has 0 aliphatic carbocycles. The molecule has 0 saturated carbocycles. The summed E-state index contributed by atoms with van der Waals surface area (Å²) >= 11 is 6.06. The third kappa shape index (κ3) is 5.81. The second-order valence-corrected chi connectivity index (χ2v) is 8.82. The number of nitrogens with zero attached hydrogens (tertiary/aromatic N) is 1. The maximum absolute atomic E-state index is 12.7. The molecule has 0 unspecified atom stereocenters. The van der Waals surface area contributed by atoms with Gasteiger partial charge in [-0.3, -0.25) is 4.79 Å². The molecule has 0 heterocycles. The van der Waals surface area contributed by atoms with Gasteiger partial charge in [-0.2, -0.15) is 4.31 Å². The Morgan fingerprint density at radius 2 is 1.73 bits per heavy atom. The number of hydrogen-bond acceptors (Lipinski definition) is 5. The van der Waals surface area contributed by atoms with Crippen LogP contribution in [0.3, 0.4) is 0 Å². The number of benzene rings is 2. The highest BCUT2D eigenvalue weighted by Crippen LogP contribution is 2.26. The zero-order valence-corrected chi connectivity index (χ0v) is 18.7. The lowest BCUT2D eigenvalue weighted by Crippen LogP contribution is -2.31. The zero-order chi connectivity index (χ0) is 22.3. The predicted molar refractivity (Wildman–Crippen MR) is 115 cm³/mol. The molecule has 9 heteroatoms. The first-order chi connectivity index (χ1) is 14.2. The van der Waals surface area contributed by atoms with Crippen LogP contribution in [-0.2, 0) is 19.6 Å². The highest BCUT2D eigenvalue weighted by Gasteiger charge is 2.26. The Labute approximate surface area is 182 Å². The van der Waals surface area contributed by atoms with Crippen LogP contribution in [0.15, 0.2) is 53.4 Å². The lowest BCUT2D eigenvalue weighted by molar-refractivity contribution is -0.124. The van der Waals surface area contributed by atoms with E-state index in [2.05, 4.69) is 5.32 Å². The van der Waals surface area contributed by atoms with Crippen molar-refractivity contribution in [3.05, 3.63) is 64.7 Å². The first-order valence-electron chi connectivity index (χ1n) is 9.51. The summed E-state index contributed by atoms with van der Waals surface area (Å²) in [7, 11) is -3.85. The number of ether oxygens (including phenoxy) is 1. The van der Waals surface area contributed by atoms with Crippen LogP contribution >= 0.6 is 11.6 Å². The summed E-state index contributed by atoms with van der Waals surface area (Å²) in [4.78, 5) is 24.3. The molecule has 7 nitrogen and oxygen atoms in total. The van der Waals surface area contributed by atoms with Crippen LogP contribution in [0.25, 0.3) is 0 Å². The second kappa shape index (κ2) is 10.6. The van der Waals surface area contributed by atoms with Gasteiger partial charge in [0.2, 0.25) is 10.0 Å². The third-order valence-corrected chi connectivity index (χ3v) is 7.03. The van der Waals surface area contributed by atoms with Crippen molar-refractivity contribution in [3.8, 4) is 0 Å². The summed E-state index contributed by atoms with van der Waals surface area (Å²) in [6, 6.07) is 13.0. The maximum atomic E-state index is 12.7.